The average molecular weight is 236 g/mol. The maximum Gasteiger partial charge on any atom is 0.124 e. The van der Waals surface area contributed by atoms with E-state index in [2.05, 4.69) is 5.32 Å². The summed E-state index contributed by atoms with van der Waals surface area (Å²) in [5.41, 5.74) is 0.545. The predicted molar refractivity (Wildman–Crippen MR) is 65.1 cm³/mol. The molecule has 92 valence electrons. The highest BCUT2D eigenvalue weighted by Gasteiger charge is 2.21. The van der Waals surface area contributed by atoms with Gasteiger partial charge in [-0.3, -0.25) is 0 Å². The van der Waals surface area contributed by atoms with Gasteiger partial charge >= 0.3 is 0 Å². The van der Waals surface area contributed by atoms with Crippen molar-refractivity contribution in [2.45, 2.75) is 26.9 Å². The van der Waals surface area contributed by atoms with Gasteiger partial charge in [-0.25, -0.2) is 4.39 Å². The van der Waals surface area contributed by atoms with E-state index in [1.165, 1.54) is 18.2 Å². The quantitative estimate of drug-likeness (QED) is 0.847. The average Bonchev–Trinajstić information content (AvgIpc) is 2.25. The van der Waals surface area contributed by atoms with E-state index in [1.807, 2.05) is 26.8 Å². The number of hydrogen-bond donors (Lipinski definition) is 2. The van der Waals surface area contributed by atoms with Crippen LogP contribution in [0.4, 0.5) is 10.1 Å². The fourth-order valence-corrected chi connectivity index (χ4v) is 1.28. The Balaban J connectivity index is 2.74. The molecule has 0 aliphatic rings. The van der Waals surface area contributed by atoms with Crippen molar-refractivity contribution in [1.29, 1.82) is 5.26 Å². The molecule has 0 aromatic heterocycles. The first-order valence-electron chi connectivity index (χ1n) is 5.46. The topological polar surface area (TPSA) is 56.0 Å². The summed E-state index contributed by atoms with van der Waals surface area (Å²) in [6.45, 7) is 6.10. The van der Waals surface area contributed by atoms with Crippen molar-refractivity contribution in [2.24, 2.45) is 5.41 Å². The maximum atomic E-state index is 12.9. The molecule has 0 fully saturated rings. The molecule has 3 nitrogen and oxygen atoms in total. The summed E-state index contributed by atoms with van der Waals surface area (Å²) in [5.74, 6) is -0.441. The van der Waals surface area contributed by atoms with Gasteiger partial charge in [0.15, 0.2) is 0 Å². The van der Waals surface area contributed by atoms with Crippen LogP contribution in [-0.2, 0) is 0 Å². The molecule has 17 heavy (non-hydrogen) atoms. The van der Waals surface area contributed by atoms with Gasteiger partial charge in [0.1, 0.15) is 11.9 Å². The van der Waals surface area contributed by atoms with Crippen LogP contribution in [0.1, 0.15) is 26.3 Å². The largest absolute Gasteiger partial charge is 0.391 e. The summed E-state index contributed by atoms with van der Waals surface area (Å²) in [6, 6.07) is 5.87. The van der Waals surface area contributed by atoms with E-state index < -0.39 is 11.9 Å². The molecular weight excluding hydrogens is 219 g/mol. The van der Waals surface area contributed by atoms with Crippen molar-refractivity contribution in [3.05, 3.63) is 29.6 Å². The number of rotatable bonds is 3. The fourth-order valence-electron chi connectivity index (χ4n) is 1.28. The van der Waals surface area contributed by atoms with Crippen molar-refractivity contribution in [2.75, 3.05) is 11.9 Å². The molecule has 0 saturated heterocycles. The molecular formula is C13H17FN2O. The number of anilines is 1. The SMILES string of the molecule is CC(C)(C)C(O)CNc1ccc(F)cc1C#N. The standard InChI is InChI=1S/C13H17FN2O/c1-13(2,3)12(17)8-16-11-5-4-10(14)6-9(11)7-15/h4-6,12,16-17H,8H2,1-3H3. The minimum Gasteiger partial charge on any atom is -0.391 e. The van der Waals surface area contributed by atoms with E-state index in [0.29, 0.717) is 12.2 Å². The first kappa shape index (κ1) is 13.5. The number of hydrogen-bond acceptors (Lipinski definition) is 3. The van der Waals surface area contributed by atoms with Gasteiger partial charge in [-0.2, -0.15) is 5.26 Å². The third-order valence-corrected chi connectivity index (χ3v) is 2.59. The monoisotopic (exact) mass is 236 g/mol. The lowest BCUT2D eigenvalue weighted by Gasteiger charge is -2.26. The van der Waals surface area contributed by atoms with Gasteiger partial charge < -0.3 is 10.4 Å². The summed E-state index contributed by atoms with van der Waals surface area (Å²) in [4.78, 5) is 0. The van der Waals surface area contributed by atoms with E-state index >= 15 is 0 Å². The first-order valence-corrected chi connectivity index (χ1v) is 5.46. The Bertz CT molecular complexity index is 432. The molecule has 0 radical (unpaired) electrons. The van der Waals surface area contributed by atoms with Crippen LogP contribution >= 0.6 is 0 Å². The van der Waals surface area contributed by atoms with Crippen molar-refractivity contribution < 1.29 is 9.50 Å². The second-order valence-corrected chi connectivity index (χ2v) is 5.06. The van der Waals surface area contributed by atoms with Crippen molar-refractivity contribution in [1.82, 2.24) is 0 Å². The first-order chi connectivity index (χ1) is 7.84. The van der Waals surface area contributed by atoms with Gasteiger partial charge in [0.05, 0.1) is 17.4 Å². The van der Waals surface area contributed by atoms with Crippen LogP contribution in [0, 0.1) is 22.6 Å². The molecule has 2 N–H and O–H groups in total. The highest BCUT2D eigenvalue weighted by molar-refractivity contribution is 5.57. The molecule has 1 aromatic rings. The molecule has 0 aliphatic heterocycles. The minimum atomic E-state index is -0.543. The van der Waals surface area contributed by atoms with Crippen LogP contribution in [0.5, 0.6) is 0 Å². The smallest absolute Gasteiger partial charge is 0.124 e. The van der Waals surface area contributed by atoms with Crippen molar-refractivity contribution in [3.8, 4) is 6.07 Å². The Kier molecular flexibility index (Phi) is 4.08. The highest BCUT2D eigenvalue weighted by atomic mass is 19.1. The van der Waals surface area contributed by atoms with E-state index in [0.717, 1.165) is 0 Å². The summed E-state index contributed by atoms with van der Waals surface area (Å²) < 4.78 is 12.9. The predicted octanol–water partition coefficient (Wildman–Crippen LogP) is 2.52. The lowest BCUT2D eigenvalue weighted by molar-refractivity contribution is 0.0746. The number of halogens is 1. The van der Waals surface area contributed by atoms with Crippen LogP contribution in [-0.4, -0.2) is 17.8 Å². The lowest BCUT2D eigenvalue weighted by Crippen LogP contribution is -2.33. The van der Waals surface area contributed by atoms with E-state index in [4.69, 9.17) is 5.26 Å². The molecule has 1 atom stereocenters. The summed E-state index contributed by atoms with van der Waals surface area (Å²) >= 11 is 0. The Morgan fingerprint density at radius 1 is 1.47 bits per heavy atom. The number of aliphatic hydroxyl groups is 1. The number of nitrogens with zero attached hydrogens (tertiary/aromatic N) is 1. The Morgan fingerprint density at radius 3 is 2.65 bits per heavy atom. The molecule has 0 spiro atoms. The molecule has 0 aliphatic carbocycles. The van der Waals surface area contributed by atoms with Gasteiger partial charge in [-0.15, -0.1) is 0 Å². The Labute approximate surface area is 101 Å². The van der Waals surface area contributed by atoms with Gasteiger partial charge in [0.2, 0.25) is 0 Å². The Hall–Kier alpha value is -1.60. The minimum absolute atomic E-state index is 0.236. The van der Waals surface area contributed by atoms with Gasteiger partial charge in [0.25, 0.3) is 0 Å². The van der Waals surface area contributed by atoms with Gasteiger partial charge in [-0.05, 0) is 23.6 Å². The zero-order valence-electron chi connectivity index (χ0n) is 10.3. The van der Waals surface area contributed by atoms with Crippen LogP contribution in [0.25, 0.3) is 0 Å². The number of nitrogens with one attached hydrogen (secondary N) is 1. The molecule has 0 bridgehead atoms. The molecule has 0 saturated carbocycles. The molecule has 1 rings (SSSR count). The summed E-state index contributed by atoms with van der Waals surface area (Å²) in [6.07, 6.45) is -0.543. The van der Waals surface area contributed by atoms with Crippen molar-refractivity contribution >= 4 is 5.69 Å². The van der Waals surface area contributed by atoms with Crippen molar-refractivity contribution in [3.63, 3.8) is 0 Å². The maximum absolute atomic E-state index is 12.9. The summed E-state index contributed by atoms with van der Waals surface area (Å²) in [7, 11) is 0. The second kappa shape index (κ2) is 5.15. The van der Waals surface area contributed by atoms with Crippen LogP contribution in [0.3, 0.4) is 0 Å². The third-order valence-electron chi connectivity index (χ3n) is 2.59. The second-order valence-electron chi connectivity index (χ2n) is 5.06. The van der Waals surface area contributed by atoms with Crippen LogP contribution < -0.4 is 5.32 Å². The van der Waals surface area contributed by atoms with Gasteiger partial charge in [-0.1, -0.05) is 20.8 Å². The Morgan fingerprint density at radius 2 is 2.12 bits per heavy atom. The van der Waals surface area contributed by atoms with E-state index in [-0.39, 0.29) is 11.0 Å². The van der Waals surface area contributed by atoms with E-state index in [1.54, 1.807) is 0 Å². The van der Waals surface area contributed by atoms with Crippen LogP contribution in [0.15, 0.2) is 18.2 Å². The number of benzene rings is 1. The molecule has 0 amide bonds. The van der Waals surface area contributed by atoms with E-state index in [9.17, 15) is 9.50 Å². The fraction of sp³-hybridized carbons (Fsp3) is 0.462. The molecule has 4 heteroatoms. The van der Waals surface area contributed by atoms with Crippen LogP contribution in [0.2, 0.25) is 0 Å². The molecule has 1 aromatic carbocycles. The molecule has 1 unspecified atom stereocenters. The van der Waals surface area contributed by atoms with Gasteiger partial charge in [0, 0.05) is 6.54 Å². The highest BCUT2D eigenvalue weighted by Crippen LogP contribution is 2.21. The lowest BCUT2D eigenvalue weighted by atomic mass is 9.89. The summed E-state index contributed by atoms with van der Waals surface area (Å²) in [5, 5.41) is 21.7. The third kappa shape index (κ3) is 3.72. The zero-order chi connectivity index (χ0) is 13.1. The number of aliphatic hydroxyl groups excluding tert-OH is 1. The normalized spacial score (nSPS) is 12.9. The molecule has 0 heterocycles. The number of nitriles is 1. The zero-order valence-corrected chi connectivity index (χ0v) is 10.3.